The summed E-state index contributed by atoms with van der Waals surface area (Å²) >= 11 is 0. The molecule has 0 atom stereocenters. The van der Waals surface area contributed by atoms with E-state index in [1.54, 1.807) is 0 Å². The van der Waals surface area contributed by atoms with E-state index in [1.807, 2.05) is 0 Å². The van der Waals surface area contributed by atoms with Crippen molar-refractivity contribution in [3.8, 4) is 11.1 Å². The number of aryl methyl sites for hydroxylation is 1. The van der Waals surface area contributed by atoms with Crippen molar-refractivity contribution >= 4 is 43.1 Å². The van der Waals surface area contributed by atoms with Crippen LogP contribution in [0, 0.1) is 6.92 Å². The number of rotatable bonds is 1. The number of hydrogen-bond acceptors (Lipinski definition) is 0. The molecule has 0 aliphatic rings. The van der Waals surface area contributed by atoms with Crippen LogP contribution in [0.4, 0.5) is 0 Å². The third-order valence-corrected chi connectivity index (χ3v) is 5.94. The number of hydrogen-bond donors (Lipinski definition) is 0. The van der Waals surface area contributed by atoms with Gasteiger partial charge in [-0.25, -0.2) is 0 Å². The molecule has 27 heavy (non-hydrogen) atoms. The smallest absolute Gasteiger partial charge is 0.00205 e. The summed E-state index contributed by atoms with van der Waals surface area (Å²) in [6, 6.07) is 33.5. The van der Waals surface area contributed by atoms with Gasteiger partial charge in [0.1, 0.15) is 0 Å². The van der Waals surface area contributed by atoms with Gasteiger partial charge in [0, 0.05) is 0 Å². The summed E-state index contributed by atoms with van der Waals surface area (Å²) in [7, 11) is 0. The molecule has 0 nitrogen and oxygen atoms in total. The lowest BCUT2D eigenvalue weighted by Gasteiger charge is -2.15. The maximum absolute atomic E-state index is 2.31. The molecule has 0 saturated carbocycles. The number of fused-ring (bicyclic) bond motifs is 1. The van der Waals surface area contributed by atoms with Crippen LogP contribution < -0.4 is 0 Å². The zero-order valence-corrected chi connectivity index (χ0v) is 15.2. The molecule has 0 saturated heterocycles. The van der Waals surface area contributed by atoms with E-state index in [0.717, 1.165) is 0 Å². The van der Waals surface area contributed by atoms with E-state index >= 15 is 0 Å². The van der Waals surface area contributed by atoms with Gasteiger partial charge in [-0.05, 0) is 72.8 Å². The van der Waals surface area contributed by atoms with Crippen LogP contribution in [0.1, 0.15) is 5.56 Å². The monoisotopic (exact) mass is 342 g/mol. The van der Waals surface area contributed by atoms with E-state index in [4.69, 9.17) is 0 Å². The lowest BCUT2D eigenvalue weighted by Crippen LogP contribution is -1.88. The van der Waals surface area contributed by atoms with Gasteiger partial charge in [0.2, 0.25) is 0 Å². The molecule has 6 aromatic rings. The highest BCUT2D eigenvalue weighted by atomic mass is 14.2. The molecule has 0 unspecified atom stereocenters. The molecule has 0 bridgehead atoms. The summed E-state index contributed by atoms with van der Waals surface area (Å²) in [4.78, 5) is 0. The lowest BCUT2D eigenvalue weighted by molar-refractivity contribution is 1.55. The van der Waals surface area contributed by atoms with E-state index in [1.165, 1.54) is 59.8 Å². The van der Waals surface area contributed by atoms with Crippen molar-refractivity contribution in [1.29, 1.82) is 0 Å². The maximum atomic E-state index is 2.31. The van der Waals surface area contributed by atoms with Gasteiger partial charge in [-0.2, -0.15) is 0 Å². The van der Waals surface area contributed by atoms with Crippen molar-refractivity contribution in [2.75, 3.05) is 0 Å². The summed E-state index contributed by atoms with van der Waals surface area (Å²) in [5.41, 5.74) is 3.93. The van der Waals surface area contributed by atoms with Crippen LogP contribution in [0.25, 0.3) is 54.2 Å². The Morgan fingerprint density at radius 3 is 1.96 bits per heavy atom. The van der Waals surface area contributed by atoms with Gasteiger partial charge in [0.15, 0.2) is 0 Å². The van der Waals surface area contributed by atoms with Crippen LogP contribution in [0.3, 0.4) is 0 Å². The van der Waals surface area contributed by atoms with E-state index in [2.05, 4.69) is 97.9 Å². The second-order valence-electron chi connectivity index (χ2n) is 7.48. The van der Waals surface area contributed by atoms with Gasteiger partial charge < -0.3 is 0 Å². The summed E-state index contributed by atoms with van der Waals surface area (Å²) in [6.45, 7) is 2.20. The standard InChI is InChI=1S/C27H18/c1-17-6-7-19-12-15-25-24(14-11-20-10-13-23(17)26(19)27(20)25)22-9-8-18-4-2-3-5-21(18)16-22/h2-16H,1H3. The molecule has 0 heteroatoms. The third kappa shape index (κ3) is 2.04. The van der Waals surface area contributed by atoms with Crippen LogP contribution in [0.2, 0.25) is 0 Å². The summed E-state index contributed by atoms with van der Waals surface area (Å²) in [5, 5.41) is 10.7. The molecule has 0 aliphatic carbocycles. The fourth-order valence-electron chi connectivity index (χ4n) is 4.56. The average Bonchev–Trinajstić information content (AvgIpc) is 2.73. The SMILES string of the molecule is Cc1ccc2ccc3c(-c4ccc5ccccc5c4)ccc4ccc1c2c43. The Bertz CT molecular complexity index is 1470. The quantitative estimate of drug-likeness (QED) is 0.268. The fourth-order valence-corrected chi connectivity index (χ4v) is 4.56. The first-order valence-corrected chi connectivity index (χ1v) is 9.46. The van der Waals surface area contributed by atoms with Gasteiger partial charge in [-0.1, -0.05) is 84.9 Å². The van der Waals surface area contributed by atoms with Gasteiger partial charge in [0.05, 0.1) is 0 Å². The largest absolute Gasteiger partial charge is 0.0616 e. The molecule has 6 aromatic carbocycles. The topological polar surface area (TPSA) is 0 Å². The minimum atomic E-state index is 1.28. The molecule has 0 aliphatic heterocycles. The fraction of sp³-hybridized carbons (Fsp3) is 0.0370. The van der Waals surface area contributed by atoms with Gasteiger partial charge in [-0.15, -0.1) is 0 Å². The van der Waals surface area contributed by atoms with Crippen molar-refractivity contribution < 1.29 is 0 Å². The van der Waals surface area contributed by atoms with E-state index in [0.29, 0.717) is 0 Å². The van der Waals surface area contributed by atoms with Gasteiger partial charge in [0.25, 0.3) is 0 Å². The second-order valence-corrected chi connectivity index (χ2v) is 7.48. The predicted octanol–water partition coefficient (Wildman–Crippen LogP) is 7.71. The third-order valence-electron chi connectivity index (χ3n) is 5.94. The van der Waals surface area contributed by atoms with Gasteiger partial charge in [-0.3, -0.25) is 0 Å². The van der Waals surface area contributed by atoms with Gasteiger partial charge >= 0.3 is 0 Å². The molecular formula is C27H18. The van der Waals surface area contributed by atoms with Crippen molar-refractivity contribution in [2.45, 2.75) is 6.92 Å². The predicted molar refractivity (Wildman–Crippen MR) is 118 cm³/mol. The molecule has 0 N–H and O–H groups in total. The maximum Gasteiger partial charge on any atom is -0.00205 e. The van der Waals surface area contributed by atoms with Crippen molar-refractivity contribution in [3.63, 3.8) is 0 Å². The molecule has 0 spiro atoms. The zero-order valence-electron chi connectivity index (χ0n) is 15.2. The van der Waals surface area contributed by atoms with Crippen molar-refractivity contribution in [2.24, 2.45) is 0 Å². The first-order valence-electron chi connectivity index (χ1n) is 9.46. The molecular weight excluding hydrogens is 324 g/mol. The second kappa shape index (κ2) is 5.31. The van der Waals surface area contributed by atoms with E-state index in [-0.39, 0.29) is 0 Å². The molecule has 0 radical (unpaired) electrons. The molecule has 6 rings (SSSR count). The van der Waals surface area contributed by atoms with Crippen LogP contribution >= 0.6 is 0 Å². The minimum absolute atomic E-state index is 1.28. The summed E-state index contributed by atoms with van der Waals surface area (Å²) < 4.78 is 0. The zero-order chi connectivity index (χ0) is 18.0. The first kappa shape index (κ1) is 14.8. The molecule has 126 valence electrons. The van der Waals surface area contributed by atoms with Crippen molar-refractivity contribution in [3.05, 3.63) is 96.6 Å². The summed E-state index contributed by atoms with van der Waals surface area (Å²) in [5.74, 6) is 0. The molecule has 0 amide bonds. The Morgan fingerprint density at radius 1 is 0.481 bits per heavy atom. The molecule has 0 heterocycles. The van der Waals surface area contributed by atoms with Crippen molar-refractivity contribution in [1.82, 2.24) is 0 Å². The van der Waals surface area contributed by atoms with Crippen LogP contribution in [0.15, 0.2) is 91.0 Å². The first-order chi connectivity index (χ1) is 13.3. The Labute approximate surface area is 158 Å². The Balaban J connectivity index is 1.75. The highest BCUT2D eigenvalue weighted by Crippen LogP contribution is 2.40. The highest BCUT2D eigenvalue weighted by molar-refractivity contribution is 6.26. The normalized spacial score (nSPS) is 11.9. The van der Waals surface area contributed by atoms with Crippen LogP contribution in [-0.4, -0.2) is 0 Å². The summed E-state index contributed by atoms with van der Waals surface area (Å²) in [6.07, 6.45) is 0. The molecule has 0 fully saturated rings. The van der Waals surface area contributed by atoms with E-state index < -0.39 is 0 Å². The number of benzene rings is 6. The van der Waals surface area contributed by atoms with E-state index in [9.17, 15) is 0 Å². The lowest BCUT2D eigenvalue weighted by atomic mass is 9.88. The minimum Gasteiger partial charge on any atom is -0.0616 e. The molecule has 0 aromatic heterocycles. The average molecular weight is 342 g/mol. The highest BCUT2D eigenvalue weighted by Gasteiger charge is 2.13. The Hall–Kier alpha value is -3.38. The van der Waals surface area contributed by atoms with Crippen LogP contribution in [-0.2, 0) is 0 Å². The Morgan fingerprint density at radius 2 is 1.11 bits per heavy atom. The Kier molecular flexibility index (Phi) is 2.90. The van der Waals surface area contributed by atoms with Crippen LogP contribution in [0.5, 0.6) is 0 Å².